The monoisotopic (exact) mass is 295 g/mol. The van der Waals surface area contributed by atoms with Gasteiger partial charge in [0, 0.05) is 24.6 Å². The third-order valence-corrected chi connectivity index (χ3v) is 3.69. The first kappa shape index (κ1) is 14.3. The van der Waals surface area contributed by atoms with Gasteiger partial charge in [0.05, 0.1) is 11.8 Å². The number of hydrogen-bond donors (Lipinski definition) is 2. The van der Waals surface area contributed by atoms with Crippen LogP contribution < -0.4 is 10.6 Å². The van der Waals surface area contributed by atoms with Gasteiger partial charge >= 0.3 is 0 Å². The highest BCUT2D eigenvalue weighted by Gasteiger charge is 2.47. The van der Waals surface area contributed by atoms with E-state index in [1.54, 1.807) is 12.4 Å². The van der Waals surface area contributed by atoms with Crippen LogP contribution in [0.5, 0.6) is 0 Å². The Morgan fingerprint density at radius 2 is 1.82 bits per heavy atom. The number of carbonyl (C=O) groups excluding carboxylic acids is 2. The summed E-state index contributed by atoms with van der Waals surface area (Å²) in [7, 11) is 0. The number of pyridine rings is 1. The summed E-state index contributed by atoms with van der Waals surface area (Å²) in [5, 5.41) is 5.68. The maximum Gasteiger partial charge on any atom is 0.228 e. The smallest absolute Gasteiger partial charge is 0.228 e. The van der Waals surface area contributed by atoms with Gasteiger partial charge in [0.15, 0.2) is 0 Å². The average Bonchev–Trinajstić information content (AvgIpc) is 3.35. The molecule has 0 aliphatic heterocycles. The van der Waals surface area contributed by atoms with Crippen LogP contribution in [0.1, 0.15) is 12.0 Å². The highest BCUT2D eigenvalue weighted by Crippen LogP contribution is 2.39. The predicted molar refractivity (Wildman–Crippen MR) is 82.8 cm³/mol. The van der Waals surface area contributed by atoms with Gasteiger partial charge in [0.25, 0.3) is 0 Å². The molecule has 3 rings (SSSR count). The van der Waals surface area contributed by atoms with E-state index in [1.807, 2.05) is 42.5 Å². The molecule has 2 aromatic rings. The van der Waals surface area contributed by atoms with E-state index in [0.717, 1.165) is 11.3 Å². The fourth-order valence-corrected chi connectivity index (χ4v) is 2.35. The molecular weight excluding hydrogens is 278 g/mol. The number of para-hydroxylation sites is 1. The summed E-state index contributed by atoms with van der Waals surface area (Å²) in [5.74, 6) is -0.612. The molecule has 1 heterocycles. The van der Waals surface area contributed by atoms with Crippen molar-refractivity contribution in [2.75, 3.05) is 5.32 Å². The SMILES string of the molecule is O=C(NCc1cccnc1)C1CC1C(=O)Nc1ccccc1. The van der Waals surface area contributed by atoms with Crippen LogP contribution in [-0.2, 0) is 16.1 Å². The van der Waals surface area contributed by atoms with Crippen molar-refractivity contribution >= 4 is 17.5 Å². The minimum Gasteiger partial charge on any atom is -0.352 e. The van der Waals surface area contributed by atoms with E-state index in [4.69, 9.17) is 0 Å². The Labute approximate surface area is 128 Å². The third kappa shape index (κ3) is 3.49. The highest BCUT2D eigenvalue weighted by molar-refractivity contribution is 5.99. The van der Waals surface area contributed by atoms with Crippen LogP contribution in [0.3, 0.4) is 0 Å². The van der Waals surface area contributed by atoms with Crippen LogP contribution >= 0.6 is 0 Å². The number of nitrogens with one attached hydrogen (secondary N) is 2. The lowest BCUT2D eigenvalue weighted by Gasteiger charge is -2.06. The number of nitrogens with zero attached hydrogens (tertiary/aromatic N) is 1. The fraction of sp³-hybridized carbons (Fsp3) is 0.235. The van der Waals surface area contributed by atoms with Crippen LogP contribution in [0.2, 0.25) is 0 Å². The molecule has 2 amide bonds. The first-order valence-corrected chi connectivity index (χ1v) is 7.26. The number of amides is 2. The molecule has 0 spiro atoms. The van der Waals surface area contributed by atoms with Gasteiger partial charge in [0.1, 0.15) is 0 Å². The average molecular weight is 295 g/mol. The highest BCUT2D eigenvalue weighted by atomic mass is 16.2. The minimum atomic E-state index is -0.228. The maximum absolute atomic E-state index is 12.1. The van der Waals surface area contributed by atoms with Crippen molar-refractivity contribution in [1.82, 2.24) is 10.3 Å². The van der Waals surface area contributed by atoms with Crippen molar-refractivity contribution in [1.29, 1.82) is 0 Å². The standard InChI is InChI=1S/C17H17N3O2/c21-16(19-11-12-5-4-8-18-10-12)14-9-15(14)17(22)20-13-6-2-1-3-7-13/h1-8,10,14-15H,9,11H2,(H,19,21)(H,20,22). The second kappa shape index (κ2) is 6.39. The molecule has 2 atom stereocenters. The molecule has 1 saturated carbocycles. The zero-order chi connectivity index (χ0) is 15.4. The third-order valence-electron chi connectivity index (χ3n) is 3.69. The van der Waals surface area contributed by atoms with Crippen LogP contribution in [-0.4, -0.2) is 16.8 Å². The first-order valence-electron chi connectivity index (χ1n) is 7.26. The Balaban J connectivity index is 1.47. The number of rotatable bonds is 5. The quantitative estimate of drug-likeness (QED) is 0.886. The van der Waals surface area contributed by atoms with Crippen molar-refractivity contribution < 1.29 is 9.59 Å². The van der Waals surface area contributed by atoms with E-state index in [-0.39, 0.29) is 23.7 Å². The van der Waals surface area contributed by atoms with Crippen molar-refractivity contribution in [3.8, 4) is 0 Å². The maximum atomic E-state index is 12.1. The van der Waals surface area contributed by atoms with Gasteiger partial charge in [-0.15, -0.1) is 0 Å². The summed E-state index contributed by atoms with van der Waals surface area (Å²) in [6, 6.07) is 13.0. The molecule has 1 fully saturated rings. The second-order valence-corrected chi connectivity index (χ2v) is 5.38. The van der Waals surface area contributed by atoms with E-state index in [1.165, 1.54) is 0 Å². The topological polar surface area (TPSA) is 71.1 Å². The van der Waals surface area contributed by atoms with Gasteiger partial charge in [-0.2, -0.15) is 0 Å². The van der Waals surface area contributed by atoms with E-state index in [2.05, 4.69) is 15.6 Å². The molecule has 1 aliphatic carbocycles. The zero-order valence-corrected chi connectivity index (χ0v) is 12.0. The zero-order valence-electron chi connectivity index (χ0n) is 12.0. The summed E-state index contributed by atoms with van der Waals surface area (Å²) in [6.45, 7) is 0.441. The van der Waals surface area contributed by atoms with E-state index in [0.29, 0.717) is 13.0 Å². The predicted octanol–water partition coefficient (Wildman–Crippen LogP) is 1.97. The van der Waals surface area contributed by atoms with Crippen LogP contribution in [0, 0.1) is 11.8 Å². The molecule has 0 radical (unpaired) electrons. The normalized spacial score (nSPS) is 19.3. The lowest BCUT2D eigenvalue weighted by Crippen LogP contribution is -2.27. The number of benzene rings is 1. The van der Waals surface area contributed by atoms with E-state index in [9.17, 15) is 9.59 Å². The summed E-state index contributed by atoms with van der Waals surface area (Å²) < 4.78 is 0. The molecule has 22 heavy (non-hydrogen) atoms. The molecule has 2 unspecified atom stereocenters. The molecule has 1 aromatic carbocycles. The summed E-state index contributed by atoms with van der Waals surface area (Å²) in [6.07, 6.45) is 4.01. The largest absolute Gasteiger partial charge is 0.352 e. The molecule has 5 heteroatoms. The molecule has 1 aliphatic rings. The Bertz CT molecular complexity index is 658. The van der Waals surface area contributed by atoms with Crippen molar-refractivity contribution in [3.63, 3.8) is 0 Å². The van der Waals surface area contributed by atoms with Gasteiger partial charge in [-0.25, -0.2) is 0 Å². The first-order chi connectivity index (χ1) is 10.7. The Hall–Kier alpha value is -2.69. The molecular formula is C17H17N3O2. The Kier molecular flexibility index (Phi) is 4.14. The number of hydrogen-bond acceptors (Lipinski definition) is 3. The van der Waals surface area contributed by atoms with Gasteiger partial charge < -0.3 is 10.6 Å². The molecule has 1 aromatic heterocycles. The van der Waals surface area contributed by atoms with Crippen molar-refractivity contribution in [2.45, 2.75) is 13.0 Å². The van der Waals surface area contributed by atoms with Gasteiger partial charge in [-0.1, -0.05) is 24.3 Å². The number of aromatic nitrogens is 1. The molecule has 5 nitrogen and oxygen atoms in total. The number of carbonyl (C=O) groups is 2. The number of anilines is 1. The molecule has 0 bridgehead atoms. The van der Waals surface area contributed by atoms with Crippen LogP contribution in [0.4, 0.5) is 5.69 Å². The van der Waals surface area contributed by atoms with Crippen molar-refractivity contribution in [2.24, 2.45) is 11.8 Å². The van der Waals surface area contributed by atoms with Crippen LogP contribution in [0.15, 0.2) is 54.9 Å². The van der Waals surface area contributed by atoms with E-state index < -0.39 is 0 Å². The van der Waals surface area contributed by atoms with Crippen molar-refractivity contribution in [3.05, 3.63) is 60.4 Å². The lowest BCUT2D eigenvalue weighted by atomic mass is 10.2. The fourth-order valence-electron chi connectivity index (χ4n) is 2.35. The van der Waals surface area contributed by atoms with Crippen LogP contribution in [0.25, 0.3) is 0 Å². The minimum absolute atomic E-state index is 0.0722. The van der Waals surface area contributed by atoms with E-state index >= 15 is 0 Å². The Morgan fingerprint density at radius 1 is 1.05 bits per heavy atom. The summed E-state index contributed by atoms with van der Waals surface area (Å²) in [4.78, 5) is 28.1. The molecule has 2 N–H and O–H groups in total. The molecule has 112 valence electrons. The van der Waals surface area contributed by atoms with Gasteiger partial charge in [-0.3, -0.25) is 14.6 Å². The second-order valence-electron chi connectivity index (χ2n) is 5.38. The lowest BCUT2D eigenvalue weighted by molar-refractivity contribution is -0.125. The summed E-state index contributed by atoms with van der Waals surface area (Å²) >= 11 is 0. The molecule has 0 saturated heterocycles. The summed E-state index contributed by atoms with van der Waals surface area (Å²) in [5.41, 5.74) is 1.70. The van der Waals surface area contributed by atoms with Gasteiger partial charge in [-0.05, 0) is 30.2 Å². The Morgan fingerprint density at radius 3 is 2.55 bits per heavy atom. The van der Waals surface area contributed by atoms with Gasteiger partial charge in [0.2, 0.25) is 11.8 Å².